The van der Waals surface area contributed by atoms with Crippen LogP contribution in [-0.2, 0) is 9.53 Å². The zero-order valence-electron chi connectivity index (χ0n) is 12.7. The molecule has 6 heteroatoms. The molecule has 2 atom stereocenters. The molecule has 1 aromatic rings. The fourth-order valence-corrected chi connectivity index (χ4v) is 3.99. The topological polar surface area (TPSA) is 58.6 Å². The number of fused-ring (bicyclic) bond motifs is 1. The van der Waals surface area contributed by atoms with Crippen molar-refractivity contribution in [3.63, 3.8) is 0 Å². The summed E-state index contributed by atoms with van der Waals surface area (Å²) in [6, 6.07) is 1.84. The Morgan fingerprint density at radius 3 is 2.32 bits per heavy atom. The summed E-state index contributed by atoms with van der Waals surface area (Å²) in [6.45, 7) is 5.18. The van der Waals surface area contributed by atoms with Gasteiger partial charge in [-0.15, -0.1) is 0 Å². The SMILES string of the molecule is O=C(C1CCOCC1)N1C[C@@H]2CN(c3ncccn3)C[C@@H]2C1. The first kappa shape index (κ1) is 13.9. The lowest BCUT2D eigenvalue weighted by molar-refractivity contribution is -0.137. The van der Waals surface area contributed by atoms with Crippen molar-refractivity contribution >= 4 is 11.9 Å². The van der Waals surface area contributed by atoms with Gasteiger partial charge in [0, 0.05) is 69.5 Å². The van der Waals surface area contributed by atoms with Gasteiger partial charge in [-0.1, -0.05) is 0 Å². The highest BCUT2D eigenvalue weighted by molar-refractivity contribution is 5.79. The number of aromatic nitrogens is 2. The van der Waals surface area contributed by atoms with Crippen LogP contribution < -0.4 is 4.90 Å². The highest BCUT2D eigenvalue weighted by Gasteiger charge is 2.43. The highest BCUT2D eigenvalue weighted by atomic mass is 16.5. The maximum atomic E-state index is 12.6. The number of amides is 1. The van der Waals surface area contributed by atoms with Gasteiger partial charge in [0.25, 0.3) is 0 Å². The van der Waals surface area contributed by atoms with Crippen LogP contribution in [0.15, 0.2) is 18.5 Å². The van der Waals surface area contributed by atoms with Gasteiger partial charge in [0.2, 0.25) is 11.9 Å². The van der Waals surface area contributed by atoms with E-state index < -0.39 is 0 Å². The summed E-state index contributed by atoms with van der Waals surface area (Å²) in [6.07, 6.45) is 5.35. The predicted molar refractivity (Wildman–Crippen MR) is 81.3 cm³/mol. The van der Waals surface area contributed by atoms with E-state index >= 15 is 0 Å². The molecule has 0 aliphatic carbocycles. The summed E-state index contributed by atoms with van der Waals surface area (Å²) < 4.78 is 5.36. The molecule has 0 spiro atoms. The second-order valence-corrected chi connectivity index (χ2v) is 6.60. The molecule has 1 amide bonds. The number of anilines is 1. The summed E-state index contributed by atoms with van der Waals surface area (Å²) in [5.41, 5.74) is 0. The molecule has 3 aliphatic heterocycles. The number of carbonyl (C=O) groups is 1. The number of carbonyl (C=O) groups excluding carboxylic acids is 1. The number of nitrogens with zero attached hydrogens (tertiary/aromatic N) is 4. The van der Waals surface area contributed by atoms with Crippen molar-refractivity contribution in [2.24, 2.45) is 17.8 Å². The Labute approximate surface area is 130 Å². The van der Waals surface area contributed by atoms with Gasteiger partial charge in [-0.25, -0.2) is 9.97 Å². The van der Waals surface area contributed by atoms with Crippen LogP contribution in [-0.4, -0.2) is 60.2 Å². The third kappa shape index (κ3) is 2.56. The van der Waals surface area contributed by atoms with E-state index in [2.05, 4.69) is 19.8 Å². The van der Waals surface area contributed by atoms with Crippen molar-refractivity contribution in [3.05, 3.63) is 18.5 Å². The number of ether oxygens (including phenoxy) is 1. The van der Waals surface area contributed by atoms with Crippen molar-refractivity contribution in [3.8, 4) is 0 Å². The Morgan fingerprint density at radius 1 is 1.05 bits per heavy atom. The van der Waals surface area contributed by atoms with E-state index in [1.165, 1.54) is 0 Å². The Bertz CT molecular complexity index is 518. The molecule has 6 nitrogen and oxygen atoms in total. The lowest BCUT2D eigenvalue weighted by Gasteiger charge is -2.27. The summed E-state index contributed by atoms with van der Waals surface area (Å²) in [4.78, 5) is 25.6. The van der Waals surface area contributed by atoms with Crippen molar-refractivity contribution in [2.75, 3.05) is 44.3 Å². The second-order valence-electron chi connectivity index (χ2n) is 6.60. The van der Waals surface area contributed by atoms with Crippen LogP contribution in [0.1, 0.15) is 12.8 Å². The maximum Gasteiger partial charge on any atom is 0.225 e. The summed E-state index contributed by atoms with van der Waals surface area (Å²) >= 11 is 0. The van der Waals surface area contributed by atoms with Gasteiger partial charge in [0.15, 0.2) is 0 Å². The first-order chi connectivity index (χ1) is 10.8. The van der Waals surface area contributed by atoms with Crippen molar-refractivity contribution in [2.45, 2.75) is 12.8 Å². The summed E-state index contributed by atoms with van der Waals surface area (Å²) in [5.74, 6) is 2.47. The molecule has 22 heavy (non-hydrogen) atoms. The molecule has 3 aliphatic rings. The van der Waals surface area contributed by atoms with Gasteiger partial charge in [-0.05, 0) is 18.9 Å². The van der Waals surface area contributed by atoms with Gasteiger partial charge in [-0.3, -0.25) is 4.79 Å². The van der Waals surface area contributed by atoms with E-state index in [4.69, 9.17) is 4.74 Å². The molecule has 4 rings (SSSR count). The minimum atomic E-state index is 0.182. The maximum absolute atomic E-state index is 12.6. The molecule has 4 heterocycles. The number of hydrogen-bond acceptors (Lipinski definition) is 5. The molecule has 0 radical (unpaired) electrons. The Morgan fingerprint density at radius 2 is 1.68 bits per heavy atom. The lowest BCUT2D eigenvalue weighted by atomic mass is 9.99. The van der Waals surface area contributed by atoms with Crippen LogP contribution in [0.5, 0.6) is 0 Å². The smallest absolute Gasteiger partial charge is 0.225 e. The third-order valence-corrected chi connectivity index (χ3v) is 5.20. The van der Waals surface area contributed by atoms with E-state index in [9.17, 15) is 4.79 Å². The van der Waals surface area contributed by atoms with E-state index in [0.29, 0.717) is 17.7 Å². The van der Waals surface area contributed by atoms with Crippen LogP contribution >= 0.6 is 0 Å². The highest BCUT2D eigenvalue weighted by Crippen LogP contribution is 2.34. The van der Waals surface area contributed by atoms with Crippen molar-refractivity contribution in [1.82, 2.24) is 14.9 Å². The van der Waals surface area contributed by atoms with Crippen LogP contribution in [0, 0.1) is 17.8 Å². The molecule has 0 aromatic carbocycles. The Balaban J connectivity index is 1.36. The van der Waals surface area contributed by atoms with Gasteiger partial charge in [-0.2, -0.15) is 0 Å². The first-order valence-corrected chi connectivity index (χ1v) is 8.20. The standard InChI is InChI=1S/C16H22N4O2/c21-15(12-2-6-22-7-3-12)19-8-13-10-20(11-14(13)9-19)16-17-4-1-5-18-16/h1,4-5,12-14H,2-3,6-11H2/t13-,14+. The van der Waals surface area contributed by atoms with E-state index in [-0.39, 0.29) is 5.92 Å². The van der Waals surface area contributed by atoms with Crippen LogP contribution in [0.2, 0.25) is 0 Å². The molecule has 0 saturated carbocycles. The molecule has 0 bridgehead atoms. The minimum absolute atomic E-state index is 0.182. The van der Waals surface area contributed by atoms with Crippen LogP contribution in [0.3, 0.4) is 0 Å². The summed E-state index contributed by atoms with van der Waals surface area (Å²) in [5, 5.41) is 0. The zero-order chi connectivity index (χ0) is 14.9. The fourth-order valence-electron chi connectivity index (χ4n) is 3.99. The van der Waals surface area contributed by atoms with E-state index in [1.54, 1.807) is 12.4 Å². The zero-order valence-corrected chi connectivity index (χ0v) is 12.7. The molecule has 0 N–H and O–H groups in total. The van der Waals surface area contributed by atoms with E-state index in [0.717, 1.165) is 58.2 Å². The lowest BCUT2D eigenvalue weighted by Crippen LogP contribution is -2.39. The van der Waals surface area contributed by atoms with Gasteiger partial charge >= 0.3 is 0 Å². The number of likely N-dealkylation sites (tertiary alicyclic amines) is 1. The summed E-state index contributed by atoms with van der Waals surface area (Å²) in [7, 11) is 0. The molecule has 1 aromatic heterocycles. The fraction of sp³-hybridized carbons (Fsp3) is 0.688. The first-order valence-electron chi connectivity index (χ1n) is 8.20. The van der Waals surface area contributed by atoms with Crippen LogP contribution in [0.4, 0.5) is 5.95 Å². The normalized spacial score (nSPS) is 28.9. The Kier molecular flexibility index (Phi) is 3.70. The predicted octanol–water partition coefficient (Wildman–Crippen LogP) is 0.798. The van der Waals surface area contributed by atoms with Gasteiger partial charge < -0.3 is 14.5 Å². The van der Waals surface area contributed by atoms with Gasteiger partial charge in [0.1, 0.15) is 0 Å². The molecular weight excluding hydrogens is 280 g/mol. The minimum Gasteiger partial charge on any atom is -0.381 e. The average Bonchev–Trinajstić information content (AvgIpc) is 3.15. The molecule has 3 fully saturated rings. The van der Waals surface area contributed by atoms with Crippen LogP contribution in [0.25, 0.3) is 0 Å². The van der Waals surface area contributed by atoms with Gasteiger partial charge in [0.05, 0.1) is 0 Å². The quantitative estimate of drug-likeness (QED) is 0.809. The largest absolute Gasteiger partial charge is 0.381 e. The number of rotatable bonds is 2. The monoisotopic (exact) mass is 302 g/mol. The second kappa shape index (κ2) is 5.83. The number of hydrogen-bond donors (Lipinski definition) is 0. The van der Waals surface area contributed by atoms with Crippen molar-refractivity contribution < 1.29 is 9.53 Å². The molecule has 0 unspecified atom stereocenters. The molecular formula is C16H22N4O2. The van der Waals surface area contributed by atoms with Crippen molar-refractivity contribution in [1.29, 1.82) is 0 Å². The molecule has 118 valence electrons. The molecule has 3 saturated heterocycles. The Hall–Kier alpha value is -1.69. The average molecular weight is 302 g/mol. The van der Waals surface area contributed by atoms with E-state index in [1.807, 2.05) is 6.07 Å². The third-order valence-electron chi connectivity index (χ3n) is 5.20.